The van der Waals surface area contributed by atoms with Crippen molar-refractivity contribution in [3.63, 3.8) is 0 Å². The van der Waals surface area contributed by atoms with E-state index in [2.05, 4.69) is 44.9 Å². The Morgan fingerprint density at radius 1 is 1.09 bits per heavy atom. The number of anilines is 2. The fraction of sp³-hybridized carbons (Fsp3) is 0.692. The second-order valence-electron chi connectivity index (χ2n) is 9.80. The zero-order valence-electron chi connectivity index (χ0n) is 20.5. The van der Waals surface area contributed by atoms with Gasteiger partial charge in [-0.1, -0.05) is 62.4 Å². The van der Waals surface area contributed by atoms with E-state index in [1.807, 2.05) is 0 Å². The fourth-order valence-electron chi connectivity index (χ4n) is 5.57. The molecule has 2 heterocycles. The molecule has 0 radical (unpaired) electrons. The molecule has 0 amide bonds. The molecule has 8 heteroatoms. The zero-order chi connectivity index (χ0) is 23.6. The van der Waals surface area contributed by atoms with Gasteiger partial charge in [0.2, 0.25) is 0 Å². The molecule has 1 aromatic heterocycles. The molecule has 188 valence electrons. The Morgan fingerprint density at radius 3 is 2.68 bits per heavy atom. The van der Waals surface area contributed by atoms with E-state index in [-0.39, 0.29) is 12.1 Å². The number of hydrogen-bond acceptors (Lipinski definition) is 8. The fourth-order valence-corrected chi connectivity index (χ4v) is 6.11. The van der Waals surface area contributed by atoms with Crippen LogP contribution in [0.3, 0.4) is 0 Å². The minimum absolute atomic E-state index is 0.0465. The number of nitrogens with two attached hydrogens (primary N) is 1. The monoisotopic (exact) mass is 487 g/mol. The van der Waals surface area contributed by atoms with E-state index < -0.39 is 0 Å². The van der Waals surface area contributed by atoms with E-state index >= 15 is 0 Å². The molecule has 34 heavy (non-hydrogen) atoms. The number of benzene rings is 1. The van der Waals surface area contributed by atoms with Gasteiger partial charge in [-0.3, -0.25) is 0 Å². The van der Waals surface area contributed by atoms with E-state index in [1.165, 1.54) is 49.4 Å². The average molecular weight is 488 g/mol. The lowest BCUT2D eigenvalue weighted by Gasteiger charge is -2.37. The molecule has 1 aromatic carbocycles. The number of ether oxygens (including phenoxy) is 2. The first-order valence-corrected chi connectivity index (χ1v) is 13.7. The number of piperidine rings is 1. The van der Waals surface area contributed by atoms with Gasteiger partial charge in [0.15, 0.2) is 11.6 Å². The van der Waals surface area contributed by atoms with Crippen molar-refractivity contribution in [2.45, 2.75) is 63.5 Å². The summed E-state index contributed by atoms with van der Waals surface area (Å²) in [6, 6.07) is 10.8. The number of hydrogen-bond donors (Lipinski definition) is 2. The van der Waals surface area contributed by atoms with Crippen molar-refractivity contribution >= 4 is 23.4 Å². The van der Waals surface area contributed by atoms with Gasteiger partial charge in [-0.25, -0.2) is 0 Å². The van der Waals surface area contributed by atoms with Crippen molar-refractivity contribution in [1.29, 1.82) is 0 Å². The molecule has 1 aliphatic heterocycles. The Labute approximate surface area is 208 Å². The molecule has 2 fully saturated rings. The first-order valence-electron chi connectivity index (χ1n) is 13.0. The van der Waals surface area contributed by atoms with Crippen molar-refractivity contribution in [3.05, 3.63) is 35.9 Å². The van der Waals surface area contributed by atoms with Crippen LogP contribution in [0.2, 0.25) is 0 Å². The summed E-state index contributed by atoms with van der Waals surface area (Å²) in [5.41, 5.74) is 7.40. The molecule has 2 aromatic rings. The quantitative estimate of drug-likeness (QED) is 0.413. The highest BCUT2D eigenvalue weighted by molar-refractivity contribution is 6.99. The van der Waals surface area contributed by atoms with Gasteiger partial charge in [-0.05, 0) is 30.7 Å². The number of aromatic nitrogens is 2. The summed E-state index contributed by atoms with van der Waals surface area (Å²) in [5.74, 6) is 3.03. The zero-order valence-corrected chi connectivity index (χ0v) is 21.3. The van der Waals surface area contributed by atoms with Crippen LogP contribution in [-0.2, 0) is 9.47 Å². The summed E-state index contributed by atoms with van der Waals surface area (Å²) in [6.07, 6.45) is 10.2. The minimum Gasteiger partial charge on any atom is -0.382 e. The first kappa shape index (κ1) is 25.4. The Morgan fingerprint density at radius 2 is 1.91 bits per heavy atom. The summed E-state index contributed by atoms with van der Waals surface area (Å²) in [6.45, 7) is 3.72. The smallest absolute Gasteiger partial charge is 0.186 e. The van der Waals surface area contributed by atoms with Crippen LogP contribution in [0.25, 0.3) is 0 Å². The summed E-state index contributed by atoms with van der Waals surface area (Å²) >= 11 is 1.29. The van der Waals surface area contributed by atoms with Gasteiger partial charge in [0.1, 0.15) is 0 Å². The third kappa shape index (κ3) is 6.90. The van der Waals surface area contributed by atoms with Crippen molar-refractivity contribution in [2.75, 3.05) is 50.2 Å². The van der Waals surface area contributed by atoms with Crippen molar-refractivity contribution in [1.82, 2.24) is 8.75 Å². The van der Waals surface area contributed by atoms with Gasteiger partial charge in [-0.2, -0.15) is 8.75 Å². The number of nitrogens with zero attached hydrogens (tertiary/aromatic N) is 3. The third-order valence-electron chi connectivity index (χ3n) is 7.34. The Hall–Kier alpha value is -1.74. The normalized spacial score (nSPS) is 21.4. The largest absolute Gasteiger partial charge is 0.382 e. The van der Waals surface area contributed by atoms with Gasteiger partial charge in [0.05, 0.1) is 31.0 Å². The number of rotatable bonds is 12. The minimum atomic E-state index is 0.0465. The molecule has 1 aliphatic carbocycles. The van der Waals surface area contributed by atoms with Gasteiger partial charge in [0.25, 0.3) is 0 Å². The average Bonchev–Trinajstić information content (AvgIpc) is 3.35. The molecule has 2 unspecified atom stereocenters. The van der Waals surface area contributed by atoms with Crippen LogP contribution in [0, 0.1) is 11.8 Å². The van der Waals surface area contributed by atoms with Crippen LogP contribution >= 0.6 is 11.7 Å². The van der Waals surface area contributed by atoms with Gasteiger partial charge < -0.3 is 25.4 Å². The predicted molar refractivity (Wildman–Crippen MR) is 140 cm³/mol. The van der Waals surface area contributed by atoms with Crippen LogP contribution in [0.1, 0.15) is 63.0 Å². The van der Waals surface area contributed by atoms with E-state index in [0.29, 0.717) is 25.7 Å². The Kier molecular flexibility index (Phi) is 9.98. The Bertz CT molecular complexity index is 830. The van der Waals surface area contributed by atoms with Gasteiger partial charge in [0, 0.05) is 38.7 Å². The molecule has 7 nitrogen and oxygen atoms in total. The maximum Gasteiger partial charge on any atom is 0.186 e. The van der Waals surface area contributed by atoms with E-state index in [0.717, 1.165) is 49.9 Å². The highest BCUT2D eigenvalue weighted by atomic mass is 32.1. The molecule has 1 saturated heterocycles. The van der Waals surface area contributed by atoms with Crippen LogP contribution in [-0.4, -0.2) is 54.7 Å². The lowest BCUT2D eigenvalue weighted by atomic mass is 9.85. The molecule has 0 bridgehead atoms. The second-order valence-corrected chi connectivity index (χ2v) is 10.3. The third-order valence-corrected chi connectivity index (χ3v) is 7.86. The van der Waals surface area contributed by atoms with Gasteiger partial charge >= 0.3 is 0 Å². The molecule has 4 rings (SSSR count). The SMILES string of the molecule is COCCOC(c1ccccc1)C1CCCN(c2nsnc2N[C@H](CN)CC2CCCCC2)C1. The molecule has 0 spiro atoms. The van der Waals surface area contributed by atoms with E-state index in [1.54, 1.807) is 7.11 Å². The highest BCUT2D eigenvalue weighted by Crippen LogP contribution is 2.36. The topological polar surface area (TPSA) is 85.5 Å². The maximum atomic E-state index is 6.35. The van der Waals surface area contributed by atoms with Crippen LogP contribution in [0.5, 0.6) is 0 Å². The second kappa shape index (κ2) is 13.4. The van der Waals surface area contributed by atoms with Crippen LogP contribution < -0.4 is 16.0 Å². The highest BCUT2D eigenvalue weighted by Gasteiger charge is 2.31. The predicted octanol–water partition coefficient (Wildman–Crippen LogP) is 4.87. The maximum absolute atomic E-state index is 6.35. The molecule has 3 atom stereocenters. The summed E-state index contributed by atoms with van der Waals surface area (Å²) in [4.78, 5) is 2.39. The molecule has 1 saturated carbocycles. The summed E-state index contributed by atoms with van der Waals surface area (Å²) in [7, 11) is 1.72. The lowest BCUT2D eigenvalue weighted by Crippen LogP contribution is -2.40. The standard InChI is InChI=1S/C26H41N5O2S/c1-32-15-16-33-24(21-11-6-3-7-12-21)22-13-8-14-31(19-22)26-25(29-34-30-26)28-23(18-27)17-20-9-4-2-5-10-20/h3,6-7,11-12,20,22-24H,2,4-5,8-10,13-19,27H2,1H3,(H,28,29)/t22?,23-,24?/m0/s1. The molecular formula is C26H41N5O2S. The van der Waals surface area contributed by atoms with Crippen LogP contribution in [0.15, 0.2) is 30.3 Å². The molecule has 3 N–H and O–H groups in total. The summed E-state index contributed by atoms with van der Waals surface area (Å²) < 4.78 is 20.9. The van der Waals surface area contributed by atoms with Crippen molar-refractivity contribution in [2.24, 2.45) is 17.6 Å². The van der Waals surface area contributed by atoms with Crippen LogP contribution in [0.4, 0.5) is 11.6 Å². The van der Waals surface area contributed by atoms with E-state index in [9.17, 15) is 0 Å². The first-order chi connectivity index (χ1) is 16.8. The van der Waals surface area contributed by atoms with Crippen molar-refractivity contribution in [3.8, 4) is 0 Å². The Balaban J connectivity index is 1.42. The van der Waals surface area contributed by atoms with Gasteiger partial charge in [-0.15, -0.1) is 0 Å². The number of nitrogens with one attached hydrogen (secondary N) is 1. The summed E-state index contributed by atoms with van der Waals surface area (Å²) in [5, 5.41) is 3.66. The van der Waals surface area contributed by atoms with E-state index in [4.69, 9.17) is 19.6 Å². The van der Waals surface area contributed by atoms with Crippen molar-refractivity contribution < 1.29 is 9.47 Å². The lowest BCUT2D eigenvalue weighted by molar-refractivity contribution is -0.0181. The number of methoxy groups -OCH3 is 1. The molecular weight excluding hydrogens is 446 g/mol. The molecule has 2 aliphatic rings.